The number of hydrogen-bond acceptors (Lipinski definition) is 5. The molecule has 0 saturated carbocycles. The zero-order valence-corrected chi connectivity index (χ0v) is 17.3. The quantitative estimate of drug-likeness (QED) is 0.579. The molecule has 1 amide bonds. The Bertz CT molecular complexity index is 994. The molecule has 1 aromatic carbocycles. The van der Waals surface area contributed by atoms with Crippen molar-refractivity contribution in [1.82, 2.24) is 14.8 Å². The van der Waals surface area contributed by atoms with Gasteiger partial charge in [0.05, 0.1) is 26.3 Å². The maximum Gasteiger partial charge on any atom is 0.287 e. The molecule has 7 heteroatoms. The van der Waals surface area contributed by atoms with E-state index >= 15 is 0 Å². The second kappa shape index (κ2) is 9.19. The molecular weight excluding hydrogens is 382 g/mol. The molecule has 1 atom stereocenters. The molecule has 0 radical (unpaired) electrons. The van der Waals surface area contributed by atoms with E-state index in [9.17, 15) is 4.79 Å². The SMILES string of the molecule is COCCNC(=O)c1ccc(CN2CCn3cccc3C2c2cccc(OC)c2)o1. The van der Waals surface area contributed by atoms with Gasteiger partial charge in [-0.25, -0.2) is 0 Å². The first-order chi connectivity index (χ1) is 14.7. The van der Waals surface area contributed by atoms with Gasteiger partial charge in [-0.2, -0.15) is 0 Å². The Labute approximate surface area is 176 Å². The molecule has 3 aromatic rings. The first-order valence-electron chi connectivity index (χ1n) is 10.1. The molecule has 1 unspecified atom stereocenters. The maximum atomic E-state index is 12.2. The van der Waals surface area contributed by atoms with E-state index in [0.29, 0.717) is 25.5 Å². The highest BCUT2D eigenvalue weighted by Gasteiger charge is 2.30. The monoisotopic (exact) mass is 409 g/mol. The number of carbonyl (C=O) groups excluding carboxylic acids is 1. The van der Waals surface area contributed by atoms with Gasteiger partial charge in [-0.05, 0) is 42.0 Å². The molecule has 7 nitrogen and oxygen atoms in total. The van der Waals surface area contributed by atoms with E-state index in [1.54, 1.807) is 20.3 Å². The Morgan fingerprint density at radius 1 is 1.17 bits per heavy atom. The van der Waals surface area contributed by atoms with Gasteiger partial charge in [-0.15, -0.1) is 0 Å². The highest BCUT2D eigenvalue weighted by atomic mass is 16.5. The topological polar surface area (TPSA) is 68.9 Å². The van der Waals surface area contributed by atoms with Crippen LogP contribution in [-0.2, 0) is 17.8 Å². The predicted octanol–water partition coefficient (Wildman–Crippen LogP) is 3.07. The van der Waals surface area contributed by atoms with Crippen molar-refractivity contribution in [3.8, 4) is 5.75 Å². The van der Waals surface area contributed by atoms with Crippen molar-refractivity contribution in [1.29, 1.82) is 0 Å². The molecular formula is C23H27N3O4. The molecule has 1 N–H and O–H groups in total. The minimum Gasteiger partial charge on any atom is -0.497 e. The fourth-order valence-corrected chi connectivity index (χ4v) is 3.93. The molecule has 4 rings (SSSR count). The van der Waals surface area contributed by atoms with Gasteiger partial charge in [-0.3, -0.25) is 9.69 Å². The lowest BCUT2D eigenvalue weighted by molar-refractivity contribution is 0.0903. The van der Waals surface area contributed by atoms with E-state index in [-0.39, 0.29) is 11.9 Å². The van der Waals surface area contributed by atoms with Crippen LogP contribution in [0.4, 0.5) is 0 Å². The predicted molar refractivity (Wildman–Crippen MR) is 113 cm³/mol. The lowest BCUT2D eigenvalue weighted by Crippen LogP contribution is -2.37. The van der Waals surface area contributed by atoms with Crippen LogP contribution in [0.15, 0.2) is 59.1 Å². The summed E-state index contributed by atoms with van der Waals surface area (Å²) in [4.78, 5) is 14.6. The molecule has 158 valence electrons. The van der Waals surface area contributed by atoms with Crippen LogP contribution in [-0.4, -0.2) is 49.3 Å². The number of ether oxygens (including phenoxy) is 2. The first-order valence-corrected chi connectivity index (χ1v) is 10.1. The minimum atomic E-state index is -0.227. The van der Waals surface area contributed by atoms with Gasteiger partial charge >= 0.3 is 0 Å². The van der Waals surface area contributed by atoms with Crippen molar-refractivity contribution in [3.63, 3.8) is 0 Å². The van der Waals surface area contributed by atoms with Gasteiger partial charge in [-0.1, -0.05) is 12.1 Å². The van der Waals surface area contributed by atoms with Gasteiger partial charge in [0.15, 0.2) is 5.76 Å². The van der Waals surface area contributed by atoms with Gasteiger partial charge in [0.25, 0.3) is 5.91 Å². The molecule has 1 aliphatic heterocycles. The normalized spacial score (nSPS) is 16.3. The minimum absolute atomic E-state index is 0.0768. The van der Waals surface area contributed by atoms with E-state index in [2.05, 4.69) is 45.2 Å². The molecule has 0 bridgehead atoms. The van der Waals surface area contributed by atoms with Crippen LogP contribution in [0, 0.1) is 0 Å². The average Bonchev–Trinajstić information content (AvgIpc) is 3.43. The van der Waals surface area contributed by atoms with Crippen LogP contribution >= 0.6 is 0 Å². The van der Waals surface area contributed by atoms with Crippen molar-refractivity contribution < 1.29 is 18.7 Å². The van der Waals surface area contributed by atoms with Crippen LogP contribution in [0.25, 0.3) is 0 Å². The van der Waals surface area contributed by atoms with Gasteiger partial charge < -0.3 is 23.8 Å². The van der Waals surface area contributed by atoms with E-state index in [1.165, 1.54) is 5.69 Å². The zero-order valence-electron chi connectivity index (χ0n) is 17.3. The molecule has 30 heavy (non-hydrogen) atoms. The summed E-state index contributed by atoms with van der Waals surface area (Å²) in [6, 6.07) is 16.1. The van der Waals surface area contributed by atoms with Crippen LogP contribution in [0.3, 0.4) is 0 Å². The Morgan fingerprint density at radius 3 is 2.90 bits per heavy atom. The number of furan rings is 1. The van der Waals surface area contributed by atoms with Crippen LogP contribution < -0.4 is 10.1 Å². The number of amides is 1. The average molecular weight is 409 g/mol. The number of hydrogen-bond donors (Lipinski definition) is 1. The number of nitrogens with zero attached hydrogens (tertiary/aromatic N) is 2. The fraction of sp³-hybridized carbons (Fsp3) is 0.348. The summed E-state index contributed by atoms with van der Waals surface area (Å²) in [6.45, 7) is 3.31. The van der Waals surface area contributed by atoms with Gasteiger partial charge in [0, 0.05) is 38.6 Å². The van der Waals surface area contributed by atoms with Crippen molar-refractivity contribution in [3.05, 3.63) is 77.5 Å². The van der Waals surface area contributed by atoms with Gasteiger partial charge in [0.1, 0.15) is 11.5 Å². The molecule has 0 saturated heterocycles. The highest BCUT2D eigenvalue weighted by Crippen LogP contribution is 2.35. The molecule has 1 aliphatic rings. The number of methoxy groups -OCH3 is 2. The third-order valence-corrected chi connectivity index (χ3v) is 5.38. The largest absolute Gasteiger partial charge is 0.497 e. The van der Waals surface area contributed by atoms with Crippen LogP contribution in [0.2, 0.25) is 0 Å². The van der Waals surface area contributed by atoms with E-state index in [1.807, 2.05) is 18.2 Å². The third kappa shape index (κ3) is 4.27. The summed E-state index contributed by atoms with van der Waals surface area (Å²) in [5.41, 5.74) is 2.40. The fourth-order valence-electron chi connectivity index (χ4n) is 3.93. The Morgan fingerprint density at radius 2 is 2.07 bits per heavy atom. The van der Waals surface area contributed by atoms with Crippen molar-refractivity contribution in [2.24, 2.45) is 0 Å². The number of rotatable bonds is 8. The second-order valence-electron chi connectivity index (χ2n) is 7.29. The highest BCUT2D eigenvalue weighted by molar-refractivity contribution is 5.91. The summed E-state index contributed by atoms with van der Waals surface area (Å²) in [5.74, 6) is 1.69. The molecule has 2 aromatic heterocycles. The lowest BCUT2D eigenvalue weighted by Gasteiger charge is -2.37. The Hall–Kier alpha value is -3.03. The standard InChI is InChI=1S/C23H27N3O4/c1-28-14-10-24-23(27)21-9-8-19(30-21)16-26-13-12-25-11-4-7-20(25)22(26)17-5-3-6-18(15-17)29-2/h3-9,11,15,22H,10,12-14,16H2,1-2H3,(H,24,27). The smallest absolute Gasteiger partial charge is 0.287 e. The summed E-state index contributed by atoms with van der Waals surface area (Å²) in [5, 5.41) is 2.79. The summed E-state index contributed by atoms with van der Waals surface area (Å²) in [6.07, 6.45) is 2.12. The third-order valence-electron chi connectivity index (χ3n) is 5.38. The maximum absolute atomic E-state index is 12.2. The van der Waals surface area contributed by atoms with Crippen LogP contribution in [0.5, 0.6) is 5.75 Å². The van der Waals surface area contributed by atoms with Crippen LogP contribution in [0.1, 0.15) is 33.6 Å². The summed E-state index contributed by atoms with van der Waals surface area (Å²) < 4.78 is 18.5. The number of fused-ring (bicyclic) bond motifs is 1. The van der Waals surface area contributed by atoms with E-state index in [0.717, 1.165) is 30.2 Å². The van der Waals surface area contributed by atoms with Gasteiger partial charge in [0.2, 0.25) is 0 Å². The number of benzene rings is 1. The first kappa shape index (κ1) is 20.3. The lowest BCUT2D eigenvalue weighted by atomic mass is 9.99. The molecule has 3 heterocycles. The second-order valence-corrected chi connectivity index (χ2v) is 7.29. The molecule has 0 fully saturated rings. The number of nitrogens with one attached hydrogen (secondary N) is 1. The van der Waals surface area contributed by atoms with E-state index < -0.39 is 0 Å². The van der Waals surface area contributed by atoms with Crippen molar-refractivity contribution >= 4 is 5.91 Å². The molecule has 0 aliphatic carbocycles. The summed E-state index contributed by atoms with van der Waals surface area (Å²) >= 11 is 0. The van der Waals surface area contributed by atoms with Crippen molar-refractivity contribution in [2.45, 2.75) is 19.1 Å². The number of carbonyl (C=O) groups is 1. The van der Waals surface area contributed by atoms with Crippen molar-refractivity contribution in [2.75, 3.05) is 33.9 Å². The summed E-state index contributed by atoms with van der Waals surface area (Å²) in [7, 11) is 3.29. The van der Waals surface area contributed by atoms with E-state index in [4.69, 9.17) is 13.9 Å². The Kier molecular flexibility index (Phi) is 6.21. The zero-order chi connectivity index (χ0) is 20.9. The molecule has 0 spiro atoms. The Balaban J connectivity index is 1.55. The number of aromatic nitrogens is 1.